The van der Waals surface area contributed by atoms with E-state index in [4.69, 9.17) is 5.11 Å². The monoisotopic (exact) mass is 303 g/mol. The third-order valence-electron chi connectivity index (χ3n) is 3.53. The summed E-state index contributed by atoms with van der Waals surface area (Å²) in [4.78, 5) is 12.2. The molecule has 1 unspecified atom stereocenters. The molecule has 0 aliphatic carbocycles. The minimum Gasteiger partial charge on any atom is -0.481 e. The fraction of sp³-hybridized carbons (Fsp3) is 0.583. The molecule has 1 saturated heterocycles. The molecule has 1 aliphatic rings. The van der Waals surface area contributed by atoms with Gasteiger partial charge in [-0.25, -0.2) is 8.42 Å². The van der Waals surface area contributed by atoms with E-state index in [9.17, 15) is 13.2 Å². The molecule has 1 aromatic rings. The zero-order valence-electron chi connectivity index (χ0n) is 10.9. The number of carboxylic acids is 1. The standard InChI is InChI=1S/C12H17NO4S2/c1-3-9-4-5-10(18-9)19(16,17)13-7-6-12(2,8-13)11(14)15/h4-5H,3,6-8H2,1-2H3,(H,14,15). The van der Waals surface area contributed by atoms with Crippen molar-refractivity contribution in [2.45, 2.75) is 30.9 Å². The largest absolute Gasteiger partial charge is 0.481 e. The molecule has 5 nitrogen and oxygen atoms in total. The Kier molecular flexibility index (Phi) is 3.72. The van der Waals surface area contributed by atoms with Gasteiger partial charge in [-0.15, -0.1) is 11.3 Å². The van der Waals surface area contributed by atoms with Crippen LogP contribution in [0.1, 0.15) is 25.1 Å². The van der Waals surface area contributed by atoms with Crippen LogP contribution in [0.4, 0.5) is 0 Å². The first kappa shape index (κ1) is 14.5. The van der Waals surface area contributed by atoms with Gasteiger partial charge in [-0.3, -0.25) is 4.79 Å². The number of thiophene rings is 1. The third kappa shape index (κ3) is 2.54. The summed E-state index contributed by atoms with van der Waals surface area (Å²) in [6.45, 7) is 3.88. The molecule has 0 aromatic carbocycles. The Morgan fingerprint density at radius 2 is 2.21 bits per heavy atom. The molecule has 7 heteroatoms. The molecular formula is C12H17NO4S2. The minimum atomic E-state index is -3.54. The predicted molar refractivity (Wildman–Crippen MR) is 72.8 cm³/mol. The van der Waals surface area contributed by atoms with Crippen LogP contribution in [-0.2, 0) is 21.2 Å². The zero-order chi connectivity index (χ0) is 14.3. The first-order chi connectivity index (χ1) is 8.79. The van der Waals surface area contributed by atoms with E-state index in [0.717, 1.165) is 11.3 Å². The molecule has 1 aromatic heterocycles. The molecule has 19 heavy (non-hydrogen) atoms. The molecule has 106 valence electrons. The van der Waals surface area contributed by atoms with Gasteiger partial charge in [-0.05, 0) is 31.9 Å². The minimum absolute atomic E-state index is 0.0457. The van der Waals surface area contributed by atoms with Crippen LogP contribution < -0.4 is 0 Å². The normalized spacial score (nSPS) is 24.7. The molecule has 2 heterocycles. The summed E-state index contributed by atoms with van der Waals surface area (Å²) in [5.74, 6) is -0.939. The zero-order valence-corrected chi connectivity index (χ0v) is 12.6. The number of sulfonamides is 1. The molecular weight excluding hydrogens is 286 g/mol. The Hall–Kier alpha value is -0.920. The molecule has 1 fully saturated rings. The Morgan fingerprint density at radius 1 is 1.53 bits per heavy atom. The van der Waals surface area contributed by atoms with Gasteiger partial charge in [0.05, 0.1) is 5.41 Å². The highest BCUT2D eigenvalue weighted by molar-refractivity contribution is 7.91. The summed E-state index contributed by atoms with van der Waals surface area (Å²) >= 11 is 1.26. The lowest BCUT2D eigenvalue weighted by molar-refractivity contribution is -0.146. The van der Waals surface area contributed by atoms with E-state index in [0.29, 0.717) is 10.6 Å². The van der Waals surface area contributed by atoms with Crippen molar-refractivity contribution in [3.05, 3.63) is 17.0 Å². The molecule has 1 aliphatic heterocycles. The Morgan fingerprint density at radius 3 is 2.68 bits per heavy atom. The van der Waals surface area contributed by atoms with Gasteiger partial charge >= 0.3 is 5.97 Å². The van der Waals surface area contributed by atoms with Crippen LogP contribution >= 0.6 is 11.3 Å². The van der Waals surface area contributed by atoms with Gasteiger partial charge in [0.15, 0.2) is 0 Å². The van der Waals surface area contributed by atoms with Crippen molar-refractivity contribution < 1.29 is 18.3 Å². The Balaban J connectivity index is 2.25. The number of aryl methyl sites for hydroxylation is 1. The van der Waals surface area contributed by atoms with Crippen LogP contribution in [0.3, 0.4) is 0 Å². The Labute approximate surface area is 116 Å². The fourth-order valence-electron chi connectivity index (χ4n) is 2.11. The first-order valence-electron chi connectivity index (χ1n) is 6.12. The smallest absolute Gasteiger partial charge is 0.310 e. The van der Waals surface area contributed by atoms with Crippen LogP contribution in [0.2, 0.25) is 0 Å². The molecule has 1 N–H and O–H groups in total. The van der Waals surface area contributed by atoms with Crippen molar-refractivity contribution in [2.24, 2.45) is 5.41 Å². The summed E-state index contributed by atoms with van der Waals surface area (Å²) in [5.41, 5.74) is -0.974. The van der Waals surface area contributed by atoms with E-state index in [1.807, 2.05) is 13.0 Å². The van der Waals surface area contributed by atoms with Crippen molar-refractivity contribution in [3.8, 4) is 0 Å². The highest BCUT2D eigenvalue weighted by atomic mass is 32.2. The van der Waals surface area contributed by atoms with Crippen LogP contribution in [0, 0.1) is 5.41 Å². The number of rotatable bonds is 4. The second kappa shape index (κ2) is 4.88. The topological polar surface area (TPSA) is 74.7 Å². The average Bonchev–Trinajstić information content (AvgIpc) is 2.96. The van der Waals surface area contributed by atoms with Crippen molar-refractivity contribution in [2.75, 3.05) is 13.1 Å². The van der Waals surface area contributed by atoms with Crippen molar-refractivity contribution in [3.63, 3.8) is 0 Å². The second-order valence-electron chi connectivity index (χ2n) is 5.03. The number of carboxylic acid groups (broad SMARTS) is 1. The summed E-state index contributed by atoms with van der Waals surface area (Å²) in [7, 11) is -3.54. The van der Waals surface area contributed by atoms with Gasteiger partial charge in [-0.2, -0.15) is 4.31 Å². The van der Waals surface area contributed by atoms with E-state index >= 15 is 0 Å². The number of hydrogen-bond donors (Lipinski definition) is 1. The number of nitrogens with zero attached hydrogens (tertiary/aromatic N) is 1. The lowest BCUT2D eigenvalue weighted by Gasteiger charge is -2.19. The molecule has 1 atom stereocenters. The predicted octanol–water partition coefficient (Wildman–Crippen LogP) is 1.80. The summed E-state index contributed by atoms with van der Waals surface area (Å²) in [5, 5.41) is 9.15. The maximum atomic E-state index is 12.4. The van der Waals surface area contributed by atoms with Gasteiger partial charge in [0.25, 0.3) is 10.0 Å². The van der Waals surface area contributed by atoms with Crippen molar-refractivity contribution in [1.82, 2.24) is 4.31 Å². The van der Waals surface area contributed by atoms with Crippen molar-refractivity contribution in [1.29, 1.82) is 0 Å². The summed E-state index contributed by atoms with van der Waals surface area (Å²) < 4.78 is 26.4. The van der Waals surface area contributed by atoms with Gasteiger partial charge in [0, 0.05) is 18.0 Å². The van der Waals surface area contributed by atoms with Gasteiger partial charge in [0.1, 0.15) is 4.21 Å². The maximum absolute atomic E-state index is 12.4. The van der Waals surface area contributed by atoms with Gasteiger partial charge in [-0.1, -0.05) is 6.92 Å². The van der Waals surface area contributed by atoms with Crippen molar-refractivity contribution >= 4 is 27.3 Å². The summed E-state index contributed by atoms with van der Waals surface area (Å²) in [6.07, 6.45) is 1.15. The highest BCUT2D eigenvalue weighted by Crippen LogP contribution is 2.35. The lowest BCUT2D eigenvalue weighted by Crippen LogP contribution is -2.34. The van der Waals surface area contributed by atoms with Crippen LogP contribution in [0.25, 0.3) is 0 Å². The SMILES string of the molecule is CCc1ccc(S(=O)(=O)N2CCC(C)(C(=O)O)C2)s1. The molecule has 0 spiro atoms. The fourth-order valence-corrected chi connectivity index (χ4v) is 5.13. The molecule has 2 rings (SSSR count). The molecule has 0 radical (unpaired) electrons. The Bertz CT molecular complexity index is 593. The van der Waals surface area contributed by atoms with Gasteiger partial charge < -0.3 is 5.11 Å². The number of hydrogen-bond acceptors (Lipinski definition) is 4. The van der Waals surface area contributed by atoms with Crippen LogP contribution in [0.5, 0.6) is 0 Å². The van der Waals surface area contributed by atoms with Crippen LogP contribution in [0.15, 0.2) is 16.3 Å². The molecule has 0 saturated carbocycles. The van der Waals surface area contributed by atoms with Gasteiger partial charge in [0.2, 0.25) is 0 Å². The van der Waals surface area contributed by atoms with E-state index in [2.05, 4.69) is 0 Å². The van der Waals surface area contributed by atoms with E-state index in [1.165, 1.54) is 15.6 Å². The quantitative estimate of drug-likeness (QED) is 0.920. The third-order valence-corrected chi connectivity index (χ3v) is 7.08. The molecule has 0 bridgehead atoms. The van der Waals surface area contributed by atoms with E-state index in [-0.39, 0.29) is 13.1 Å². The highest BCUT2D eigenvalue weighted by Gasteiger charge is 2.45. The maximum Gasteiger partial charge on any atom is 0.310 e. The molecule has 0 amide bonds. The summed E-state index contributed by atoms with van der Waals surface area (Å²) in [6, 6.07) is 3.42. The van der Waals surface area contributed by atoms with Crippen LogP contribution in [-0.4, -0.2) is 36.9 Å². The number of aliphatic carboxylic acids is 1. The van der Waals surface area contributed by atoms with E-state index < -0.39 is 21.4 Å². The number of carbonyl (C=O) groups is 1. The first-order valence-corrected chi connectivity index (χ1v) is 8.37. The lowest BCUT2D eigenvalue weighted by atomic mass is 9.90. The van der Waals surface area contributed by atoms with E-state index in [1.54, 1.807) is 13.0 Å². The average molecular weight is 303 g/mol. The second-order valence-corrected chi connectivity index (χ2v) is 8.36.